The van der Waals surface area contributed by atoms with Crippen LogP contribution in [0.2, 0.25) is 0 Å². The topological polar surface area (TPSA) is 0 Å². The average molecular weight is 354 g/mol. The molecule has 0 spiro atoms. The van der Waals surface area contributed by atoms with Crippen LogP contribution in [-0.2, 0) is 12.8 Å². The van der Waals surface area contributed by atoms with Gasteiger partial charge < -0.3 is 0 Å². The molecule has 0 saturated carbocycles. The maximum atomic E-state index is 3.65. The summed E-state index contributed by atoms with van der Waals surface area (Å²) < 4.78 is 5.55. The predicted molar refractivity (Wildman–Crippen MR) is 73.9 cm³/mol. The van der Waals surface area contributed by atoms with Gasteiger partial charge in [0, 0.05) is 0 Å². The van der Waals surface area contributed by atoms with Gasteiger partial charge in [0.15, 0.2) is 0 Å². The highest BCUT2D eigenvalue weighted by molar-refractivity contribution is 9.11. The molecule has 0 saturated heterocycles. The first-order valence-corrected chi connectivity index (χ1v) is 7.78. The normalized spacial score (nSPS) is 11.4. The van der Waals surface area contributed by atoms with E-state index in [4.69, 9.17) is 0 Å². The Morgan fingerprint density at radius 2 is 1.21 bits per heavy atom. The van der Waals surface area contributed by atoms with Gasteiger partial charge in [-0.2, -0.15) is 0 Å². The molecule has 2 heterocycles. The second-order valence-electron chi connectivity index (χ2n) is 3.07. The summed E-state index contributed by atoms with van der Waals surface area (Å²) in [6, 6.07) is 0. The van der Waals surface area contributed by atoms with Crippen molar-refractivity contribution < 1.29 is 0 Å². The van der Waals surface area contributed by atoms with Crippen LogP contribution >= 0.6 is 54.5 Å². The highest BCUT2D eigenvalue weighted by Crippen LogP contribution is 2.45. The van der Waals surface area contributed by atoms with Crippen LogP contribution in [0, 0.1) is 0 Å². The van der Waals surface area contributed by atoms with Crippen molar-refractivity contribution in [3.63, 3.8) is 0 Å². The first-order chi connectivity index (χ1) is 6.69. The van der Waals surface area contributed by atoms with Gasteiger partial charge in [-0.05, 0) is 55.8 Å². The fourth-order valence-corrected chi connectivity index (χ4v) is 6.41. The van der Waals surface area contributed by atoms with Crippen LogP contribution in [0.4, 0.5) is 0 Å². The molecule has 2 aromatic heterocycles. The van der Waals surface area contributed by atoms with Gasteiger partial charge in [-0.3, -0.25) is 0 Å². The number of hydrogen-bond donors (Lipinski definition) is 0. The maximum absolute atomic E-state index is 3.65. The molecule has 4 heteroatoms. The van der Waals surface area contributed by atoms with Crippen molar-refractivity contribution in [2.24, 2.45) is 0 Å². The molecular weight excluding hydrogens is 344 g/mol. The molecule has 0 unspecified atom stereocenters. The minimum atomic E-state index is 1.11. The Bertz CT molecular complexity index is 424. The Morgan fingerprint density at radius 1 is 0.857 bits per heavy atom. The maximum Gasteiger partial charge on any atom is 0.0751 e. The second-order valence-corrected chi connectivity index (χ2v) is 7.75. The summed E-state index contributed by atoms with van der Waals surface area (Å²) in [5.74, 6) is 0. The molecule has 0 radical (unpaired) electrons. The Morgan fingerprint density at radius 3 is 1.50 bits per heavy atom. The third-order valence-corrected chi connectivity index (χ3v) is 6.54. The van der Waals surface area contributed by atoms with Crippen LogP contribution in [0.3, 0.4) is 0 Å². The zero-order valence-corrected chi connectivity index (χ0v) is 12.8. The van der Waals surface area contributed by atoms with E-state index in [1.54, 1.807) is 0 Å². The standard InChI is InChI=1S/C10H10Br2S2/c1-3-5-7-8(14-9(5)11)6(4-2)10(12)13-7/h3-4H2,1-2H3. The van der Waals surface area contributed by atoms with E-state index in [9.17, 15) is 0 Å². The largest absolute Gasteiger partial charge is 0.127 e. The summed E-state index contributed by atoms with van der Waals surface area (Å²) in [5, 5.41) is 0. The van der Waals surface area contributed by atoms with Gasteiger partial charge in [0.25, 0.3) is 0 Å². The Hall–Kier alpha value is 0.620. The number of fused-ring (bicyclic) bond motifs is 1. The van der Waals surface area contributed by atoms with Gasteiger partial charge in [0.1, 0.15) is 0 Å². The van der Waals surface area contributed by atoms with Gasteiger partial charge >= 0.3 is 0 Å². The Kier molecular flexibility index (Phi) is 3.37. The molecule has 0 bridgehead atoms. The predicted octanol–water partition coefficient (Wildman–Crippen LogP) is 5.61. The lowest BCUT2D eigenvalue weighted by Gasteiger charge is -1.91. The molecule has 76 valence electrons. The van der Waals surface area contributed by atoms with Crippen molar-refractivity contribution in [2.75, 3.05) is 0 Å². The molecule has 0 aliphatic heterocycles. The molecule has 0 amide bonds. The molecule has 0 atom stereocenters. The van der Waals surface area contributed by atoms with Crippen LogP contribution in [0.25, 0.3) is 9.40 Å². The monoisotopic (exact) mass is 352 g/mol. The molecule has 0 aliphatic rings. The van der Waals surface area contributed by atoms with Crippen molar-refractivity contribution in [3.8, 4) is 0 Å². The van der Waals surface area contributed by atoms with E-state index < -0.39 is 0 Å². The van der Waals surface area contributed by atoms with E-state index in [0.29, 0.717) is 0 Å². The third-order valence-electron chi connectivity index (χ3n) is 2.32. The molecule has 0 nitrogen and oxygen atoms in total. The van der Waals surface area contributed by atoms with Crippen molar-refractivity contribution >= 4 is 63.9 Å². The van der Waals surface area contributed by atoms with Gasteiger partial charge in [0.2, 0.25) is 0 Å². The lowest BCUT2D eigenvalue weighted by Crippen LogP contribution is -1.73. The van der Waals surface area contributed by atoms with Crippen molar-refractivity contribution in [1.82, 2.24) is 0 Å². The fourth-order valence-electron chi connectivity index (χ4n) is 1.57. The number of rotatable bonds is 2. The highest BCUT2D eigenvalue weighted by Gasteiger charge is 2.16. The van der Waals surface area contributed by atoms with Gasteiger partial charge in [-0.15, -0.1) is 22.7 Å². The van der Waals surface area contributed by atoms with E-state index in [-0.39, 0.29) is 0 Å². The van der Waals surface area contributed by atoms with Crippen molar-refractivity contribution in [2.45, 2.75) is 26.7 Å². The van der Waals surface area contributed by atoms with Gasteiger partial charge in [-0.1, -0.05) is 13.8 Å². The van der Waals surface area contributed by atoms with E-state index in [1.807, 2.05) is 22.7 Å². The summed E-state index contributed by atoms with van der Waals surface area (Å²) >= 11 is 11.0. The molecule has 0 fully saturated rings. The minimum absolute atomic E-state index is 1.11. The number of halogens is 2. The molecule has 2 aromatic rings. The Balaban J connectivity index is 2.78. The van der Waals surface area contributed by atoms with Crippen LogP contribution in [-0.4, -0.2) is 0 Å². The summed E-state index contributed by atoms with van der Waals surface area (Å²) in [7, 11) is 0. The van der Waals surface area contributed by atoms with Crippen molar-refractivity contribution in [3.05, 3.63) is 18.7 Å². The molecule has 2 rings (SSSR count). The summed E-state index contributed by atoms with van der Waals surface area (Å²) in [4.78, 5) is 0. The van der Waals surface area contributed by atoms with Crippen LogP contribution < -0.4 is 0 Å². The first-order valence-electron chi connectivity index (χ1n) is 4.57. The van der Waals surface area contributed by atoms with E-state index >= 15 is 0 Å². The molecule has 0 aliphatic carbocycles. The average Bonchev–Trinajstić information content (AvgIpc) is 2.58. The smallest absolute Gasteiger partial charge is 0.0751 e. The molecular formula is C10H10Br2S2. The lowest BCUT2D eigenvalue weighted by molar-refractivity contribution is 1.16. The summed E-state index contributed by atoms with van der Waals surface area (Å²) in [6.45, 7) is 4.43. The number of aryl methyl sites for hydroxylation is 2. The summed E-state index contributed by atoms with van der Waals surface area (Å²) in [5.41, 5.74) is 2.94. The quantitative estimate of drug-likeness (QED) is 0.657. The molecule has 14 heavy (non-hydrogen) atoms. The first kappa shape index (κ1) is 11.1. The summed E-state index contributed by atoms with van der Waals surface area (Å²) in [6.07, 6.45) is 2.22. The zero-order valence-electron chi connectivity index (χ0n) is 7.99. The zero-order chi connectivity index (χ0) is 10.3. The lowest BCUT2D eigenvalue weighted by atomic mass is 10.2. The number of hydrogen-bond acceptors (Lipinski definition) is 2. The minimum Gasteiger partial charge on any atom is -0.127 e. The van der Waals surface area contributed by atoms with Crippen LogP contribution in [0.5, 0.6) is 0 Å². The van der Waals surface area contributed by atoms with Crippen LogP contribution in [0.1, 0.15) is 25.0 Å². The van der Waals surface area contributed by atoms with E-state index in [2.05, 4.69) is 45.7 Å². The third kappa shape index (κ3) is 1.60. The fraction of sp³-hybridized carbons (Fsp3) is 0.400. The van der Waals surface area contributed by atoms with Crippen LogP contribution in [0.15, 0.2) is 7.57 Å². The van der Waals surface area contributed by atoms with Gasteiger partial charge in [-0.25, -0.2) is 0 Å². The van der Waals surface area contributed by atoms with Crippen molar-refractivity contribution in [1.29, 1.82) is 0 Å². The highest BCUT2D eigenvalue weighted by atomic mass is 79.9. The van der Waals surface area contributed by atoms with E-state index in [1.165, 1.54) is 28.1 Å². The van der Waals surface area contributed by atoms with Gasteiger partial charge in [0.05, 0.1) is 17.0 Å². The number of thiophene rings is 2. The second kappa shape index (κ2) is 4.24. The SMILES string of the molecule is CCc1c(Br)sc2c(CC)c(Br)sc12. The Labute approximate surface area is 109 Å². The molecule has 0 N–H and O–H groups in total. The molecule has 0 aromatic carbocycles. The van der Waals surface area contributed by atoms with E-state index in [0.717, 1.165) is 12.8 Å².